The Kier molecular flexibility index (Phi) is 16.3. The lowest BCUT2D eigenvalue weighted by atomic mass is 10.00. The van der Waals surface area contributed by atoms with Gasteiger partial charge in [-0.3, -0.25) is 9.36 Å². The predicted molar refractivity (Wildman–Crippen MR) is 444 cm³/mol. The maximum atomic E-state index is 13.2. The van der Waals surface area contributed by atoms with Crippen molar-refractivity contribution >= 4 is 202 Å². The topological polar surface area (TPSA) is 163 Å². The van der Waals surface area contributed by atoms with Crippen molar-refractivity contribution in [1.82, 2.24) is 44.4 Å². The van der Waals surface area contributed by atoms with Gasteiger partial charge in [0.2, 0.25) is 5.91 Å². The van der Waals surface area contributed by atoms with Crippen molar-refractivity contribution in [3.63, 3.8) is 0 Å². The van der Waals surface area contributed by atoms with E-state index in [1.165, 1.54) is 73.8 Å². The molecule has 492 valence electrons. The van der Waals surface area contributed by atoms with E-state index in [0.29, 0.717) is 5.82 Å². The Hall–Kier alpha value is -11.7. The lowest BCUT2D eigenvalue weighted by molar-refractivity contribution is 0.0930. The van der Waals surface area contributed by atoms with Gasteiger partial charge in [-0.25, -0.2) is 19.9 Å². The van der Waals surface area contributed by atoms with E-state index in [-0.39, 0.29) is 12.5 Å². The first-order valence-electron chi connectivity index (χ1n) is 33.9. The number of H-pyrrole nitrogens is 4. The van der Waals surface area contributed by atoms with Gasteiger partial charge < -0.3 is 25.7 Å². The van der Waals surface area contributed by atoms with Gasteiger partial charge in [-0.15, -0.1) is 0 Å². The smallest absolute Gasteiger partial charge is 0.246 e. The van der Waals surface area contributed by atoms with E-state index in [0.717, 1.165) is 125 Å². The van der Waals surface area contributed by atoms with E-state index in [9.17, 15) is 4.79 Å². The quantitative estimate of drug-likeness (QED) is 0.0851. The van der Waals surface area contributed by atoms with Crippen molar-refractivity contribution in [2.75, 3.05) is 6.54 Å². The first-order valence-corrected chi connectivity index (χ1v) is 36.6. The van der Waals surface area contributed by atoms with E-state index >= 15 is 0 Å². The van der Waals surface area contributed by atoms with E-state index in [1.807, 2.05) is 66.9 Å². The van der Waals surface area contributed by atoms with E-state index in [4.69, 9.17) is 25.7 Å². The first-order chi connectivity index (χ1) is 50.6. The standard InChI is InChI=1S/C25H17BrN4O.C22H16N2.C21H13BrN2.C21H13IN2/c26-14-9-10-21-19(11-14)20(13-28-21)25-29-23-17-7-3-1-5-15(17)16-6-2-4-8-18(16)24(23)30(25)22(31)12-27;1-14-8-2-3-9-15(14)22-23-20-18-12-6-4-10-16(18)17-11-5-7-13-19(17)21(20)24-22;22-14-11-9-13(10-12-14)21-23-19-17-7-3-1-5-15(17)16-6-2-4-8-18(16)20(19)24-21;22-14-7-5-6-13(12-14)21-23-19-17-10-3-1-8-15(17)16-9-2-4-11-18(16)20(19)24-21/h1-11,13,28H,12,27H2;2-13H,1H3,(H,23,24);2*1-12H,(H,23,24). The monoisotopic (exact) mass is 1570 g/mol. The molecule has 0 fully saturated rings. The number of aromatic amines is 4. The number of carbonyl (C=O) groups is 1. The Morgan fingerprint density at radius 1 is 0.379 bits per heavy atom. The van der Waals surface area contributed by atoms with Gasteiger partial charge in [-0.05, 0) is 121 Å². The Bertz CT molecular complexity index is 6750. The molecule has 21 rings (SSSR count). The molecule has 0 saturated carbocycles. The van der Waals surface area contributed by atoms with E-state index in [1.54, 1.807) is 4.57 Å². The molecule has 14 heteroatoms. The lowest BCUT2D eigenvalue weighted by Gasteiger charge is -2.10. The van der Waals surface area contributed by atoms with E-state index < -0.39 is 0 Å². The summed E-state index contributed by atoms with van der Waals surface area (Å²) < 4.78 is 4.93. The van der Waals surface area contributed by atoms with Gasteiger partial charge in [-0.1, -0.05) is 275 Å². The lowest BCUT2D eigenvalue weighted by Crippen LogP contribution is -2.21. The van der Waals surface area contributed by atoms with Crippen LogP contribution < -0.4 is 5.73 Å². The third-order valence-electron chi connectivity index (χ3n) is 19.6. The van der Waals surface area contributed by atoms with Crippen LogP contribution in [0.3, 0.4) is 0 Å². The van der Waals surface area contributed by atoms with Crippen molar-refractivity contribution in [2.45, 2.75) is 6.92 Å². The largest absolute Gasteiger partial charge is 0.360 e. The molecule has 0 atom stereocenters. The fourth-order valence-corrected chi connectivity index (χ4v) is 16.0. The zero-order chi connectivity index (χ0) is 69.4. The van der Waals surface area contributed by atoms with Crippen LogP contribution in [0.15, 0.2) is 300 Å². The average molecular weight is 1570 g/mol. The van der Waals surface area contributed by atoms with Crippen LogP contribution in [-0.2, 0) is 0 Å². The molecule has 16 aromatic carbocycles. The van der Waals surface area contributed by atoms with Crippen LogP contribution >= 0.6 is 54.5 Å². The minimum atomic E-state index is -0.192. The molecule has 11 nitrogen and oxygen atoms in total. The zero-order valence-corrected chi connectivity index (χ0v) is 60.6. The summed E-state index contributed by atoms with van der Waals surface area (Å²) in [5.74, 6) is 3.16. The molecule has 103 heavy (non-hydrogen) atoms. The molecule has 6 N–H and O–H groups in total. The zero-order valence-electron chi connectivity index (χ0n) is 55.3. The Morgan fingerprint density at radius 2 is 0.777 bits per heavy atom. The fraction of sp³-hybridized carbons (Fsp3) is 0.0225. The van der Waals surface area contributed by atoms with Crippen LogP contribution in [0.25, 0.3) is 187 Å². The second-order valence-corrected chi connectivity index (χ2v) is 28.7. The van der Waals surface area contributed by atoms with Gasteiger partial charge in [-0.2, -0.15) is 0 Å². The van der Waals surface area contributed by atoms with Crippen LogP contribution in [0.4, 0.5) is 0 Å². The van der Waals surface area contributed by atoms with Crippen LogP contribution in [0.1, 0.15) is 10.4 Å². The summed E-state index contributed by atoms with van der Waals surface area (Å²) in [5.41, 5.74) is 20.3. The summed E-state index contributed by atoms with van der Waals surface area (Å²) in [4.78, 5) is 47.0. The number of nitrogens with zero attached hydrogens (tertiary/aromatic N) is 5. The van der Waals surface area contributed by atoms with Gasteiger partial charge in [0, 0.05) is 95.0 Å². The van der Waals surface area contributed by atoms with Crippen molar-refractivity contribution in [3.8, 4) is 45.6 Å². The Labute approximate surface area is 619 Å². The van der Waals surface area contributed by atoms with Gasteiger partial charge in [0.25, 0.3) is 0 Å². The number of rotatable bonds is 5. The third-order valence-corrected chi connectivity index (χ3v) is 21.3. The highest BCUT2D eigenvalue weighted by molar-refractivity contribution is 14.1. The predicted octanol–water partition coefficient (Wildman–Crippen LogP) is 24.1. The van der Waals surface area contributed by atoms with Crippen LogP contribution in [0.2, 0.25) is 0 Å². The molecular formula is C89H59Br2IN10O. The molecule has 0 aliphatic rings. The van der Waals surface area contributed by atoms with Crippen LogP contribution in [-0.4, -0.2) is 56.9 Å². The molecule has 0 radical (unpaired) electrons. The van der Waals surface area contributed by atoms with Crippen molar-refractivity contribution in [3.05, 3.63) is 309 Å². The fourth-order valence-electron chi connectivity index (χ4n) is 14.9. The molecule has 0 unspecified atom stereocenters. The average Bonchev–Trinajstić information content (AvgIpc) is 1.62. The van der Waals surface area contributed by atoms with Crippen molar-refractivity contribution in [2.24, 2.45) is 5.73 Å². The minimum Gasteiger partial charge on any atom is -0.360 e. The first kappa shape index (κ1) is 63.5. The third kappa shape index (κ3) is 11.2. The maximum Gasteiger partial charge on any atom is 0.246 e. The number of benzene rings is 16. The summed E-state index contributed by atoms with van der Waals surface area (Å²) in [5, 5.41) is 20.0. The van der Waals surface area contributed by atoms with Gasteiger partial charge in [0.15, 0.2) is 0 Å². The molecule has 0 saturated heterocycles. The number of imidazole rings is 4. The number of hydrogen-bond acceptors (Lipinski definition) is 6. The molecule has 0 spiro atoms. The van der Waals surface area contributed by atoms with Gasteiger partial charge in [0.1, 0.15) is 23.3 Å². The number of aromatic nitrogens is 9. The SMILES string of the molecule is Brc1ccc(-c2nc3c4ccccc4c4ccccc4c3[nH]2)cc1.Cc1ccccc1-c1nc2c3ccccc3c3ccccc3c2[nH]1.Ic1cccc(-c2nc3c4ccccc4c4ccccc4c3[nH]2)c1.NCC(=O)n1c(-c2c[nH]c3ccc(Br)cc23)nc2c3ccccc3c3ccccc3c21. The molecule has 5 aromatic heterocycles. The number of halogens is 3. The van der Waals surface area contributed by atoms with Crippen LogP contribution in [0.5, 0.6) is 0 Å². The Morgan fingerprint density at radius 3 is 1.26 bits per heavy atom. The summed E-state index contributed by atoms with van der Waals surface area (Å²) in [6, 6.07) is 98.5. The molecule has 5 heterocycles. The molecular weight excluding hydrogens is 1510 g/mol. The normalized spacial score (nSPS) is 11.6. The maximum absolute atomic E-state index is 13.2. The number of hydrogen-bond donors (Lipinski definition) is 5. The summed E-state index contributed by atoms with van der Waals surface area (Å²) >= 11 is 9.38. The number of carbonyl (C=O) groups excluding carboxylic acids is 1. The molecule has 21 aromatic rings. The van der Waals surface area contributed by atoms with Crippen molar-refractivity contribution in [1.29, 1.82) is 0 Å². The molecule has 0 aliphatic carbocycles. The highest BCUT2D eigenvalue weighted by Crippen LogP contribution is 2.42. The highest BCUT2D eigenvalue weighted by Gasteiger charge is 2.25. The number of nitrogens with one attached hydrogen (secondary N) is 4. The van der Waals surface area contributed by atoms with Gasteiger partial charge in [0.05, 0.1) is 50.7 Å². The number of fused-ring (bicyclic) bond motifs is 25. The van der Waals surface area contributed by atoms with E-state index in [2.05, 4.69) is 306 Å². The van der Waals surface area contributed by atoms with Crippen molar-refractivity contribution < 1.29 is 4.79 Å². The number of nitrogens with two attached hydrogens (primary N) is 1. The van der Waals surface area contributed by atoms with Crippen LogP contribution in [0, 0.1) is 10.5 Å². The summed E-state index contributed by atoms with van der Waals surface area (Å²) in [7, 11) is 0. The molecule has 0 aliphatic heterocycles. The Balaban J connectivity index is 0.0000000987. The van der Waals surface area contributed by atoms with Gasteiger partial charge >= 0.3 is 0 Å². The molecule has 0 amide bonds. The summed E-state index contributed by atoms with van der Waals surface area (Å²) in [6.07, 6.45) is 1.91. The second-order valence-electron chi connectivity index (χ2n) is 25.6. The summed E-state index contributed by atoms with van der Waals surface area (Å²) in [6.45, 7) is 2.02. The number of aryl methyl sites for hydroxylation is 1. The second kappa shape index (κ2) is 26.4. The minimum absolute atomic E-state index is 0.105. The highest BCUT2D eigenvalue weighted by atomic mass is 127. The molecule has 0 bridgehead atoms.